The van der Waals surface area contributed by atoms with E-state index in [4.69, 9.17) is 0 Å². The highest BCUT2D eigenvalue weighted by molar-refractivity contribution is 8.00. The minimum Gasteiger partial charge on any atom is -0.307 e. The second-order valence-corrected chi connectivity index (χ2v) is 11.1. The summed E-state index contributed by atoms with van der Waals surface area (Å²) >= 11 is 2.58. The molecule has 1 fully saturated rings. The molecule has 3 rings (SSSR count). The first-order valence-electron chi connectivity index (χ1n) is 9.56. The molecule has 2 amide bonds. The normalized spacial score (nSPS) is 14.5. The number of urea groups is 1. The number of nitrogens with zero attached hydrogens (tertiary/aromatic N) is 1. The molecule has 0 atom stereocenters. The van der Waals surface area contributed by atoms with Crippen molar-refractivity contribution in [1.82, 2.24) is 9.71 Å². The minimum atomic E-state index is -3.38. The van der Waals surface area contributed by atoms with Crippen LogP contribution >= 0.6 is 23.1 Å². The Bertz CT molecular complexity index is 1080. The van der Waals surface area contributed by atoms with E-state index in [1.807, 2.05) is 6.26 Å². The standard InChI is InChI=1S/C19H23FN4O4S3/c1-29-17-15(10-21-31(2,27)28)23-19(30-17)24-18(26)22-14-8-7-12(20)9-13(14)16(25)11-5-3-4-6-11/h7-9,11,21H,3-6,10H2,1-2H3,(H2,22,23,24,26). The maximum Gasteiger partial charge on any atom is 0.325 e. The lowest BCUT2D eigenvalue weighted by Crippen LogP contribution is -2.23. The van der Waals surface area contributed by atoms with Crippen molar-refractivity contribution in [2.45, 2.75) is 36.4 Å². The Kier molecular flexibility index (Phi) is 7.68. The average Bonchev–Trinajstić information content (AvgIpc) is 3.36. The van der Waals surface area contributed by atoms with E-state index in [9.17, 15) is 22.4 Å². The zero-order valence-electron chi connectivity index (χ0n) is 17.0. The zero-order valence-corrected chi connectivity index (χ0v) is 19.5. The van der Waals surface area contributed by atoms with Crippen LogP contribution < -0.4 is 15.4 Å². The topological polar surface area (TPSA) is 117 Å². The maximum atomic E-state index is 13.8. The first-order valence-corrected chi connectivity index (χ1v) is 13.5. The van der Waals surface area contributed by atoms with E-state index in [-0.39, 0.29) is 34.6 Å². The lowest BCUT2D eigenvalue weighted by Gasteiger charge is -2.14. The van der Waals surface area contributed by atoms with Crippen molar-refractivity contribution in [2.75, 3.05) is 23.1 Å². The second-order valence-electron chi connectivity index (χ2n) is 7.17. The van der Waals surface area contributed by atoms with Crippen LogP contribution in [0.3, 0.4) is 0 Å². The van der Waals surface area contributed by atoms with Gasteiger partial charge in [-0.25, -0.2) is 27.3 Å². The number of thiazole rings is 1. The molecule has 1 saturated carbocycles. The fourth-order valence-electron chi connectivity index (χ4n) is 3.35. The van der Waals surface area contributed by atoms with Crippen LogP contribution in [0.5, 0.6) is 0 Å². The van der Waals surface area contributed by atoms with E-state index in [1.165, 1.54) is 35.2 Å². The summed E-state index contributed by atoms with van der Waals surface area (Å²) in [6.45, 7) is 0.00675. The van der Waals surface area contributed by atoms with Gasteiger partial charge in [-0.2, -0.15) is 0 Å². The first kappa shape index (κ1) is 23.6. The average molecular weight is 487 g/mol. The van der Waals surface area contributed by atoms with Crippen LogP contribution in [-0.4, -0.2) is 37.7 Å². The maximum absolute atomic E-state index is 13.8. The number of sulfonamides is 1. The van der Waals surface area contributed by atoms with E-state index in [0.29, 0.717) is 5.69 Å². The lowest BCUT2D eigenvalue weighted by molar-refractivity contribution is 0.0923. The van der Waals surface area contributed by atoms with Crippen molar-refractivity contribution in [1.29, 1.82) is 0 Å². The highest BCUT2D eigenvalue weighted by Gasteiger charge is 2.26. The van der Waals surface area contributed by atoms with Crippen molar-refractivity contribution in [3.63, 3.8) is 0 Å². The van der Waals surface area contributed by atoms with Crippen LogP contribution in [0.4, 0.5) is 20.0 Å². The number of Topliss-reactive ketones (excluding diaryl/α,β-unsaturated/α-hetero) is 1. The van der Waals surface area contributed by atoms with Crippen LogP contribution in [0.2, 0.25) is 0 Å². The lowest BCUT2D eigenvalue weighted by atomic mass is 9.95. The molecule has 12 heteroatoms. The van der Waals surface area contributed by atoms with Gasteiger partial charge in [-0.15, -0.1) is 11.8 Å². The van der Waals surface area contributed by atoms with Crippen molar-refractivity contribution in [3.8, 4) is 0 Å². The summed E-state index contributed by atoms with van der Waals surface area (Å²) in [6.07, 6.45) is 6.34. The minimum absolute atomic E-state index is 0.00675. The largest absolute Gasteiger partial charge is 0.325 e. The number of thioether (sulfide) groups is 1. The number of benzene rings is 1. The third-order valence-corrected chi connectivity index (χ3v) is 7.62. The molecule has 3 N–H and O–H groups in total. The monoisotopic (exact) mass is 486 g/mol. The number of hydrogen-bond donors (Lipinski definition) is 3. The molecular formula is C19H23FN4O4S3. The van der Waals surface area contributed by atoms with Crippen molar-refractivity contribution >= 4 is 55.8 Å². The molecule has 8 nitrogen and oxygen atoms in total. The van der Waals surface area contributed by atoms with Gasteiger partial charge in [0, 0.05) is 11.5 Å². The molecule has 0 unspecified atom stereocenters. The van der Waals surface area contributed by atoms with Gasteiger partial charge in [0.2, 0.25) is 10.0 Å². The van der Waals surface area contributed by atoms with Crippen LogP contribution in [0.15, 0.2) is 22.4 Å². The summed E-state index contributed by atoms with van der Waals surface area (Å²) in [5, 5.41) is 5.48. The van der Waals surface area contributed by atoms with Gasteiger partial charge >= 0.3 is 6.03 Å². The Hall–Kier alpha value is -2.02. The Morgan fingerprint density at radius 2 is 1.97 bits per heavy atom. The summed E-state index contributed by atoms with van der Waals surface area (Å²) in [5.74, 6) is -0.862. The molecule has 2 aromatic rings. The van der Waals surface area contributed by atoms with Crippen LogP contribution in [0.1, 0.15) is 41.7 Å². The van der Waals surface area contributed by atoms with Crippen LogP contribution in [0, 0.1) is 11.7 Å². The fraction of sp³-hybridized carbons (Fsp3) is 0.421. The number of anilines is 2. The molecule has 1 aliphatic rings. The third-order valence-electron chi connectivity index (χ3n) is 4.79. The van der Waals surface area contributed by atoms with E-state index < -0.39 is 21.9 Å². The predicted octanol–water partition coefficient (Wildman–Crippen LogP) is 4.07. The van der Waals surface area contributed by atoms with Crippen molar-refractivity contribution in [2.24, 2.45) is 5.92 Å². The number of carbonyl (C=O) groups is 2. The fourth-order valence-corrected chi connectivity index (χ4v) is 5.38. The van der Waals surface area contributed by atoms with Gasteiger partial charge in [-0.3, -0.25) is 10.1 Å². The number of amides is 2. The van der Waals surface area contributed by atoms with Gasteiger partial charge in [0.15, 0.2) is 10.9 Å². The molecule has 0 bridgehead atoms. The number of carbonyl (C=O) groups excluding carboxylic acids is 2. The summed E-state index contributed by atoms with van der Waals surface area (Å²) in [4.78, 5) is 29.6. The number of rotatable bonds is 8. The van der Waals surface area contributed by atoms with Gasteiger partial charge in [0.1, 0.15) is 5.82 Å². The van der Waals surface area contributed by atoms with Gasteiger partial charge in [-0.1, -0.05) is 24.2 Å². The molecule has 1 heterocycles. The van der Waals surface area contributed by atoms with E-state index in [2.05, 4.69) is 20.3 Å². The molecule has 1 aliphatic carbocycles. The van der Waals surface area contributed by atoms with E-state index in [1.54, 1.807) is 0 Å². The number of nitrogens with one attached hydrogen (secondary N) is 3. The number of halogens is 1. The zero-order chi connectivity index (χ0) is 22.6. The Morgan fingerprint density at radius 1 is 1.26 bits per heavy atom. The van der Waals surface area contributed by atoms with Gasteiger partial charge in [-0.05, 0) is 37.3 Å². The molecular weight excluding hydrogens is 463 g/mol. The van der Waals surface area contributed by atoms with Gasteiger partial charge in [0.05, 0.1) is 28.4 Å². The molecule has 31 heavy (non-hydrogen) atoms. The number of ketones is 1. The SMILES string of the molecule is CSc1sc(NC(=O)Nc2ccc(F)cc2C(=O)C2CCCC2)nc1CNS(C)(=O)=O. The summed E-state index contributed by atoms with van der Waals surface area (Å²) in [5.41, 5.74) is 0.887. The highest BCUT2D eigenvalue weighted by atomic mass is 32.2. The predicted molar refractivity (Wildman–Crippen MR) is 121 cm³/mol. The highest BCUT2D eigenvalue weighted by Crippen LogP contribution is 2.32. The molecule has 0 spiro atoms. The summed E-state index contributed by atoms with van der Waals surface area (Å²) < 4.78 is 39.6. The Labute approximate surface area is 188 Å². The molecule has 1 aromatic heterocycles. The first-order chi connectivity index (χ1) is 14.7. The van der Waals surface area contributed by atoms with E-state index in [0.717, 1.165) is 42.2 Å². The van der Waals surface area contributed by atoms with E-state index >= 15 is 0 Å². The molecule has 1 aromatic carbocycles. The third kappa shape index (κ3) is 6.48. The van der Waals surface area contributed by atoms with Crippen molar-refractivity contribution < 1.29 is 22.4 Å². The molecule has 0 saturated heterocycles. The molecule has 0 aliphatic heterocycles. The quantitative estimate of drug-likeness (QED) is 0.382. The van der Waals surface area contributed by atoms with Crippen LogP contribution in [-0.2, 0) is 16.6 Å². The van der Waals surface area contributed by atoms with Crippen molar-refractivity contribution in [3.05, 3.63) is 35.3 Å². The second kappa shape index (κ2) is 10.1. The van der Waals surface area contributed by atoms with Gasteiger partial charge < -0.3 is 5.32 Å². The van der Waals surface area contributed by atoms with Gasteiger partial charge in [0.25, 0.3) is 0 Å². The number of hydrogen-bond acceptors (Lipinski definition) is 7. The molecule has 0 radical (unpaired) electrons. The summed E-state index contributed by atoms with van der Waals surface area (Å²) in [6, 6.07) is 3.08. The summed E-state index contributed by atoms with van der Waals surface area (Å²) in [7, 11) is -3.38. The molecule has 168 valence electrons. The smallest absolute Gasteiger partial charge is 0.307 e. The Balaban J connectivity index is 1.72. The van der Waals surface area contributed by atoms with Crippen LogP contribution in [0.25, 0.3) is 0 Å². The Morgan fingerprint density at radius 3 is 2.61 bits per heavy atom. The number of aromatic nitrogens is 1.